The van der Waals surface area contributed by atoms with Gasteiger partial charge in [0.05, 0.1) is 5.54 Å². The van der Waals surface area contributed by atoms with Crippen molar-refractivity contribution in [1.29, 1.82) is 0 Å². The summed E-state index contributed by atoms with van der Waals surface area (Å²) in [7, 11) is 0. The zero-order chi connectivity index (χ0) is 15.6. The fraction of sp³-hybridized carbons (Fsp3) is 0.941. The predicted molar refractivity (Wildman–Crippen MR) is 87.2 cm³/mol. The van der Waals surface area contributed by atoms with Gasteiger partial charge in [-0.1, -0.05) is 39.0 Å². The largest absolute Gasteiger partial charge is 0.381 e. The summed E-state index contributed by atoms with van der Waals surface area (Å²) in [5.74, 6) is -0.245. The van der Waals surface area contributed by atoms with E-state index in [0.29, 0.717) is 6.04 Å². The van der Waals surface area contributed by atoms with Crippen LogP contribution in [0, 0.1) is 0 Å². The van der Waals surface area contributed by atoms with Crippen molar-refractivity contribution < 1.29 is 9.53 Å². The third-order valence-corrected chi connectivity index (χ3v) is 4.25. The van der Waals surface area contributed by atoms with Crippen molar-refractivity contribution in [3.05, 3.63) is 0 Å². The van der Waals surface area contributed by atoms with Gasteiger partial charge in [-0.25, -0.2) is 0 Å². The first kappa shape index (κ1) is 18.4. The lowest BCUT2D eigenvalue weighted by Crippen LogP contribution is -2.54. The van der Waals surface area contributed by atoms with Gasteiger partial charge in [-0.3, -0.25) is 4.79 Å². The Hall–Kier alpha value is -0.610. The molecule has 1 fully saturated rings. The number of amides is 1. The average molecular weight is 298 g/mol. The third kappa shape index (κ3) is 8.42. The Morgan fingerprint density at radius 1 is 1.14 bits per heavy atom. The second-order valence-electron chi connectivity index (χ2n) is 6.60. The summed E-state index contributed by atoms with van der Waals surface area (Å²) in [6, 6.07) is 0.492. The molecular formula is C17H34N2O2. The standard InChI is InChI=1S/C17H34N2O2/c1-3-4-5-6-7-8-13-21-14-9-12-17(2,16(18)20)19-15-10-11-15/h15,19H,3-14H2,1-2H3,(H2,18,20). The highest BCUT2D eigenvalue weighted by molar-refractivity contribution is 5.84. The molecule has 0 aromatic heterocycles. The maximum absolute atomic E-state index is 11.6. The summed E-state index contributed by atoms with van der Waals surface area (Å²) in [5, 5.41) is 3.37. The smallest absolute Gasteiger partial charge is 0.237 e. The Morgan fingerprint density at radius 2 is 1.76 bits per heavy atom. The summed E-state index contributed by atoms with van der Waals surface area (Å²) in [4.78, 5) is 11.6. The minimum atomic E-state index is -0.565. The van der Waals surface area contributed by atoms with Crippen molar-refractivity contribution in [2.45, 2.75) is 89.6 Å². The fourth-order valence-corrected chi connectivity index (χ4v) is 2.56. The Balaban J connectivity index is 1.97. The molecular weight excluding hydrogens is 264 g/mol. The van der Waals surface area contributed by atoms with E-state index in [2.05, 4.69) is 12.2 Å². The molecule has 4 nitrogen and oxygen atoms in total. The number of carbonyl (C=O) groups excluding carboxylic acids is 1. The van der Waals surface area contributed by atoms with Crippen molar-refractivity contribution in [3.8, 4) is 0 Å². The molecule has 0 aromatic rings. The number of hydrogen-bond acceptors (Lipinski definition) is 3. The van der Waals surface area contributed by atoms with E-state index in [1.165, 1.54) is 32.1 Å². The summed E-state index contributed by atoms with van der Waals surface area (Å²) < 4.78 is 5.66. The van der Waals surface area contributed by atoms with Crippen LogP contribution < -0.4 is 11.1 Å². The van der Waals surface area contributed by atoms with E-state index in [4.69, 9.17) is 10.5 Å². The van der Waals surface area contributed by atoms with Gasteiger partial charge in [0.1, 0.15) is 0 Å². The van der Waals surface area contributed by atoms with Crippen LogP contribution in [0.5, 0.6) is 0 Å². The summed E-state index contributed by atoms with van der Waals surface area (Å²) in [5.41, 5.74) is 4.96. The molecule has 0 saturated heterocycles. The molecule has 21 heavy (non-hydrogen) atoms. The molecule has 1 aliphatic rings. The lowest BCUT2D eigenvalue weighted by Gasteiger charge is -2.27. The topological polar surface area (TPSA) is 64.3 Å². The molecule has 0 spiro atoms. The first-order valence-corrected chi connectivity index (χ1v) is 8.74. The van der Waals surface area contributed by atoms with Crippen LogP contribution in [0.15, 0.2) is 0 Å². The van der Waals surface area contributed by atoms with Gasteiger partial charge in [0.15, 0.2) is 0 Å². The number of unbranched alkanes of at least 4 members (excludes halogenated alkanes) is 5. The van der Waals surface area contributed by atoms with Crippen LogP contribution >= 0.6 is 0 Å². The van der Waals surface area contributed by atoms with Crippen LogP contribution in [0.4, 0.5) is 0 Å². The monoisotopic (exact) mass is 298 g/mol. The minimum absolute atomic E-state index is 0.245. The summed E-state index contributed by atoms with van der Waals surface area (Å²) >= 11 is 0. The van der Waals surface area contributed by atoms with E-state index in [9.17, 15) is 4.79 Å². The molecule has 1 aliphatic carbocycles. The Morgan fingerprint density at radius 3 is 2.38 bits per heavy atom. The molecule has 1 atom stereocenters. The number of nitrogens with two attached hydrogens (primary N) is 1. The van der Waals surface area contributed by atoms with E-state index in [1.54, 1.807) is 0 Å². The second kappa shape index (κ2) is 10.2. The first-order chi connectivity index (χ1) is 10.1. The van der Waals surface area contributed by atoms with Crippen LogP contribution in [0.1, 0.15) is 78.1 Å². The second-order valence-corrected chi connectivity index (χ2v) is 6.60. The van der Waals surface area contributed by atoms with Crippen molar-refractivity contribution in [2.75, 3.05) is 13.2 Å². The van der Waals surface area contributed by atoms with Crippen LogP contribution in [0.3, 0.4) is 0 Å². The lowest BCUT2D eigenvalue weighted by atomic mass is 9.95. The Bertz CT molecular complexity index is 293. The molecule has 0 heterocycles. The van der Waals surface area contributed by atoms with E-state index in [0.717, 1.165) is 45.3 Å². The number of nitrogens with one attached hydrogen (secondary N) is 1. The normalized spacial score (nSPS) is 17.6. The minimum Gasteiger partial charge on any atom is -0.381 e. The highest BCUT2D eigenvalue weighted by atomic mass is 16.5. The lowest BCUT2D eigenvalue weighted by molar-refractivity contribution is -0.124. The van der Waals surface area contributed by atoms with Gasteiger partial charge in [0.25, 0.3) is 0 Å². The van der Waals surface area contributed by atoms with Crippen molar-refractivity contribution in [3.63, 3.8) is 0 Å². The van der Waals surface area contributed by atoms with Gasteiger partial charge in [0.2, 0.25) is 5.91 Å². The molecule has 0 radical (unpaired) electrons. The molecule has 4 heteroatoms. The van der Waals surface area contributed by atoms with Crippen LogP contribution in [0.2, 0.25) is 0 Å². The molecule has 3 N–H and O–H groups in total. The first-order valence-electron chi connectivity index (χ1n) is 8.74. The SMILES string of the molecule is CCCCCCCCOCCCC(C)(NC1CC1)C(N)=O. The van der Waals surface area contributed by atoms with Gasteiger partial charge < -0.3 is 15.8 Å². The van der Waals surface area contributed by atoms with Gasteiger partial charge in [-0.05, 0) is 39.0 Å². The predicted octanol–water partition coefficient (Wildman–Crippen LogP) is 3.14. The number of ether oxygens (including phenoxy) is 1. The fourth-order valence-electron chi connectivity index (χ4n) is 2.56. The molecule has 1 amide bonds. The third-order valence-electron chi connectivity index (χ3n) is 4.25. The molecule has 124 valence electrons. The Kier molecular flexibility index (Phi) is 8.93. The number of primary amides is 1. The van der Waals surface area contributed by atoms with E-state index >= 15 is 0 Å². The van der Waals surface area contributed by atoms with Gasteiger partial charge >= 0.3 is 0 Å². The van der Waals surface area contributed by atoms with Crippen LogP contribution in [-0.2, 0) is 9.53 Å². The zero-order valence-corrected chi connectivity index (χ0v) is 14.0. The molecule has 0 aliphatic heterocycles. The Labute approximate surface area is 130 Å². The van der Waals surface area contributed by atoms with Gasteiger partial charge in [-0.15, -0.1) is 0 Å². The van der Waals surface area contributed by atoms with E-state index in [1.807, 2.05) is 6.92 Å². The van der Waals surface area contributed by atoms with Crippen molar-refractivity contribution in [2.24, 2.45) is 5.73 Å². The summed E-state index contributed by atoms with van der Waals surface area (Å²) in [6.45, 7) is 5.72. The molecule has 0 bridgehead atoms. The van der Waals surface area contributed by atoms with Crippen LogP contribution in [-0.4, -0.2) is 30.7 Å². The van der Waals surface area contributed by atoms with Gasteiger partial charge in [0, 0.05) is 19.3 Å². The van der Waals surface area contributed by atoms with Gasteiger partial charge in [-0.2, -0.15) is 0 Å². The highest BCUT2D eigenvalue weighted by Gasteiger charge is 2.36. The average Bonchev–Trinajstić information content (AvgIpc) is 3.24. The van der Waals surface area contributed by atoms with E-state index in [-0.39, 0.29) is 5.91 Å². The maximum atomic E-state index is 11.6. The zero-order valence-electron chi connectivity index (χ0n) is 14.0. The highest BCUT2D eigenvalue weighted by Crippen LogP contribution is 2.24. The number of rotatable bonds is 14. The molecule has 1 unspecified atom stereocenters. The van der Waals surface area contributed by atoms with Crippen molar-refractivity contribution >= 4 is 5.91 Å². The summed E-state index contributed by atoms with van der Waals surface area (Å²) in [6.07, 6.45) is 11.7. The maximum Gasteiger partial charge on any atom is 0.237 e. The number of hydrogen-bond donors (Lipinski definition) is 2. The molecule has 1 saturated carbocycles. The van der Waals surface area contributed by atoms with E-state index < -0.39 is 5.54 Å². The van der Waals surface area contributed by atoms with Crippen LogP contribution in [0.25, 0.3) is 0 Å². The molecule has 0 aromatic carbocycles. The molecule has 1 rings (SSSR count). The number of carbonyl (C=O) groups is 1. The van der Waals surface area contributed by atoms with Crippen molar-refractivity contribution in [1.82, 2.24) is 5.32 Å². The quantitative estimate of drug-likeness (QED) is 0.484.